The number of nitrogens with zero attached hydrogens (tertiary/aromatic N) is 1. The van der Waals surface area contributed by atoms with Gasteiger partial charge >= 0.3 is 5.97 Å². The lowest BCUT2D eigenvalue weighted by Crippen LogP contribution is -2.52. The highest BCUT2D eigenvalue weighted by molar-refractivity contribution is 6.05. The Labute approximate surface area is 169 Å². The van der Waals surface area contributed by atoms with E-state index < -0.39 is 29.6 Å². The summed E-state index contributed by atoms with van der Waals surface area (Å²) in [6.45, 7) is 7.47. The Bertz CT molecular complexity index is 857. The molecule has 2 aliphatic heterocycles. The van der Waals surface area contributed by atoms with Crippen molar-refractivity contribution in [1.82, 2.24) is 10.2 Å². The highest BCUT2D eigenvalue weighted by Crippen LogP contribution is 2.30. The molecule has 8 nitrogen and oxygen atoms in total. The summed E-state index contributed by atoms with van der Waals surface area (Å²) >= 11 is 0. The molecular formula is C21H26N2O6. The van der Waals surface area contributed by atoms with Crippen molar-refractivity contribution in [2.45, 2.75) is 71.2 Å². The first kappa shape index (κ1) is 20.8. The topological polar surface area (TPSA) is 102 Å². The third-order valence-corrected chi connectivity index (χ3v) is 4.82. The fourth-order valence-electron chi connectivity index (χ4n) is 3.44. The third kappa shape index (κ3) is 4.58. The molecule has 156 valence electrons. The zero-order chi connectivity index (χ0) is 21.3. The van der Waals surface area contributed by atoms with E-state index in [4.69, 9.17) is 9.47 Å². The number of fused-ring (bicyclic) bond motifs is 1. The summed E-state index contributed by atoms with van der Waals surface area (Å²) in [6.07, 6.45) is 0.154. The molecular weight excluding hydrogens is 376 g/mol. The van der Waals surface area contributed by atoms with Crippen LogP contribution in [-0.4, -0.2) is 46.3 Å². The summed E-state index contributed by atoms with van der Waals surface area (Å²) in [5.74, 6) is -1.13. The molecule has 2 unspecified atom stereocenters. The first-order chi connectivity index (χ1) is 13.6. The van der Waals surface area contributed by atoms with Crippen molar-refractivity contribution in [3.05, 3.63) is 29.3 Å². The molecule has 0 spiro atoms. The molecule has 1 saturated heterocycles. The van der Waals surface area contributed by atoms with Crippen LogP contribution in [0.1, 0.15) is 62.9 Å². The number of amides is 3. The molecule has 3 amide bonds. The van der Waals surface area contributed by atoms with Crippen molar-refractivity contribution >= 4 is 23.7 Å². The van der Waals surface area contributed by atoms with Gasteiger partial charge in [-0.05, 0) is 51.3 Å². The van der Waals surface area contributed by atoms with Gasteiger partial charge in [0.15, 0.2) is 6.10 Å². The fourth-order valence-corrected chi connectivity index (χ4v) is 3.44. The molecule has 1 aromatic carbocycles. The van der Waals surface area contributed by atoms with Gasteiger partial charge in [-0.15, -0.1) is 0 Å². The molecule has 0 aliphatic carbocycles. The largest absolute Gasteiger partial charge is 0.479 e. The van der Waals surface area contributed by atoms with E-state index in [9.17, 15) is 19.2 Å². The van der Waals surface area contributed by atoms with Crippen molar-refractivity contribution in [2.75, 3.05) is 0 Å². The number of nitrogens with one attached hydrogen (secondary N) is 1. The molecule has 2 heterocycles. The van der Waals surface area contributed by atoms with E-state index in [1.54, 1.807) is 39.0 Å². The highest BCUT2D eigenvalue weighted by Gasteiger charge is 2.39. The summed E-state index contributed by atoms with van der Waals surface area (Å²) in [7, 11) is 0. The number of rotatable bonds is 5. The lowest BCUT2D eigenvalue weighted by atomic mass is 10.0. The lowest BCUT2D eigenvalue weighted by Gasteiger charge is -2.29. The Morgan fingerprint density at radius 3 is 2.62 bits per heavy atom. The molecule has 0 radical (unpaired) electrons. The minimum atomic E-state index is -0.782. The van der Waals surface area contributed by atoms with Crippen LogP contribution in [-0.2, 0) is 25.7 Å². The molecule has 1 fully saturated rings. The Morgan fingerprint density at radius 2 is 2.00 bits per heavy atom. The maximum atomic E-state index is 12.9. The minimum absolute atomic E-state index is 0.207. The molecule has 8 heteroatoms. The Morgan fingerprint density at radius 1 is 1.28 bits per heavy atom. The fraction of sp³-hybridized carbons (Fsp3) is 0.524. The Hall–Kier alpha value is -2.90. The van der Waals surface area contributed by atoms with Crippen LogP contribution < -0.4 is 10.1 Å². The number of carbonyl (C=O) groups excluding carboxylic acids is 4. The van der Waals surface area contributed by atoms with E-state index in [1.165, 1.54) is 4.90 Å². The number of hydrogen-bond acceptors (Lipinski definition) is 6. The zero-order valence-electron chi connectivity index (χ0n) is 17.1. The van der Waals surface area contributed by atoms with Gasteiger partial charge in [0, 0.05) is 18.5 Å². The summed E-state index contributed by atoms with van der Waals surface area (Å²) in [5.41, 5.74) is 0.591. The molecule has 29 heavy (non-hydrogen) atoms. The van der Waals surface area contributed by atoms with Gasteiger partial charge in [0.2, 0.25) is 11.8 Å². The Balaban J connectivity index is 1.74. The van der Waals surface area contributed by atoms with Gasteiger partial charge in [0.1, 0.15) is 17.4 Å². The van der Waals surface area contributed by atoms with Crippen LogP contribution in [0.3, 0.4) is 0 Å². The van der Waals surface area contributed by atoms with Gasteiger partial charge in [-0.2, -0.15) is 0 Å². The van der Waals surface area contributed by atoms with Crippen molar-refractivity contribution in [2.24, 2.45) is 0 Å². The monoisotopic (exact) mass is 402 g/mol. The van der Waals surface area contributed by atoms with Gasteiger partial charge < -0.3 is 14.4 Å². The van der Waals surface area contributed by atoms with E-state index in [-0.39, 0.29) is 18.2 Å². The quantitative estimate of drug-likeness (QED) is 0.597. The van der Waals surface area contributed by atoms with E-state index in [0.717, 1.165) is 5.56 Å². The lowest BCUT2D eigenvalue weighted by molar-refractivity contribution is -0.163. The SMILES string of the molecule is CCC(Oc1ccc2c(c1)C(=O)N(C1CCC(=O)NC1=O)C2)C(=O)OC(C)(C)C. The standard InChI is InChI=1S/C21H26N2O6/c1-5-16(20(27)29-21(2,3)4)28-13-7-6-12-11-23(19(26)14(12)10-13)15-8-9-17(24)22-18(15)25/h6-7,10,15-16H,5,8-9,11H2,1-4H3,(H,22,24,25). The second kappa shape index (κ2) is 7.85. The molecule has 1 N–H and O–H groups in total. The van der Waals surface area contributed by atoms with Crippen LogP contribution in [0.5, 0.6) is 5.75 Å². The number of imide groups is 1. The number of esters is 1. The van der Waals surface area contributed by atoms with Gasteiger partial charge in [0.25, 0.3) is 5.91 Å². The van der Waals surface area contributed by atoms with Gasteiger partial charge in [-0.25, -0.2) is 4.79 Å². The zero-order valence-corrected chi connectivity index (χ0v) is 17.1. The number of carbonyl (C=O) groups is 4. The predicted molar refractivity (Wildman–Crippen MR) is 103 cm³/mol. The summed E-state index contributed by atoms with van der Waals surface area (Å²) < 4.78 is 11.2. The van der Waals surface area contributed by atoms with Crippen LogP contribution >= 0.6 is 0 Å². The molecule has 0 saturated carbocycles. The van der Waals surface area contributed by atoms with Crippen LogP contribution in [0.15, 0.2) is 18.2 Å². The molecule has 0 bridgehead atoms. The smallest absolute Gasteiger partial charge is 0.347 e. The van der Waals surface area contributed by atoms with Crippen molar-refractivity contribution in [3.8, 4) is 5.75 Å². The summed E-state index contributed by atoms with van der Waals surface area (Å²) in [4.78, 5) is 50.1. The summed E-state index contributed by atoms with van der Waals surface area (Å²) in [6, 6.07) is 4.39. The predicted octanol–water partition coefficient (Wildman–Crippen LogP) is 1.95. The third-order valence-electron chi connectivity index (χ3n) is 4.82. The number of hydrogen-bond donors (Lipinski definition) is 1. The van der Waals surface area contributed by atoms with E-state index >= 15 is 0 Å². The normalized spacial score (nSPS) is 20.2. The number of ether oxygens (including phenoxy) is 2. The maximum Gasteiger partial charge on any atom is 0.347 e. The van der Waals surface area contributed by atoms with E-state index in [1.807, 2.05) is 6.92 Å². The van der Waals surface area contributed by atoms with E-state index in [0.29, 0.717) is 30.7 Å². The molecule has 2 aliphatic rings. The molecule has 0 aromatic heterocycles. The number of benzene rings is 1. The van der Waals surface area contributed by atoms with Crippen molar-refractivity contribution in [3.63, 3.8) is 0 Å². The van der Waals surface area contributed by atoms with Crippen LogP contribution in [0.4, 0.5) is 0 Å². The van der Waals surface area contributed by atoms with Crippen LogP contribution in [0.25, 0.3) is 0 Å². The first-order valence-corrected chi connectivity index (χ1v) is 9.76. The van der Waals surface area contributed by atoms with Crippen LogP contribution in [0.2, 0.25) is 0 Å². The minimum Gasteiger partial charge on any atom is -0.479 e. The molecule has 2 atom stereocenters. The summed E-state index contributed by atoms with van der Waals surface area (Å²) in [5, 5.41) is 2.28. The first-order valence-electron chi connectivity index (χ1n) is 9.76. The van der Waals surface area contributed by atoms with Gasteiger partial charge in [-0.1, -0.05) is 13.0 Å². The van der Waals surface area contributed by atoms with E-state index in [2.05, 4.69) is 5.32 Å². The second-order valence-corrected chi connectivity index (χ2v) is 8.27. The molecule has 1 aromatic rings. The van der Waals surface area contributed by atoms with Crippen molar-refractivity contribution < 1.29 is 28.7 Å². The van der Waals surface area contributed by atoms with Crippen molar-refractivity contribution in [1.29, 1.82) is 0 Å². The maximum absolute atomic E-state index is 12.9. The van der Waals surface area contributed by atoms with Gasteiger partial charge in [0.05, 0.1) is 0 Å². The van der Waals surface area contributed by atoms with Crippen LogP contribution in [0, 0.1) is 0 Å². The number of piperidine rings is 1. The molecule has 3 rings (SSSR count). The average molecular weight is 402 g/mol. The average Bonchev–Trinajstić information content (AvgIpc) is 2.94. The van der Waals surface area contributed by atoms with Gasteiger partial charge in [-0.3, -0.25) is 19.7 Å². The highest BCUT2D eigenvalue weighted by atomic mass is 16.6. The Kier molecular flexibility index (Phi) is 5.64. The second-order valence-electron chi connectivity index (χ2n) is 8.27.